The zero-order valence-electron chi connectivity index (χ0n) is 14.6. The van der Waals surface area contributed by atoms with Gasteiger partial charge in [-0.25, -0.2) is 18.5 Å². The largest absolute Gasteiger partial charge is 0.441 e. The van der Waals surface area contributed by atoms with E-state index in [1.807, 2.05) is 42.5 Å². The predicted octanol–water partition coefficient (Wildman–Crippen LogP) is 3.90. The standard InChI is InChI=1S/C20H20N2O3S/c1-20(2)17(13-8-10-15(11-9-13)26(21,23)24)18(20)16-12-22-19(25-16)14-6-4-3-5-7-14/h3-12,17-18H,1-2H3,(H2,21,23,24)/t17-,18-/m1/s1. The normalized spacial score (nSPS) is 21.5. The predicted molar refractivity (Wildman–Crippen MR) is 99.0 cm³/mol. The number of primary sulfonamides is 1. The van der Waals surface area contributed by atoms with Gasteiger partial charge in [-0.3, -0.25) is 0 Å². The summed E-state index contributed by atoms with van der Waals surface area (Å²) in [6.45, 7) is 4.36. The van der Waals surface area contributed by atoms with Gasteiger partial charge in [0, 0.05) is 17.4 Å². The van der Waals surface area contributed by atoms with Gasteiger partial charge in [0.15, 0.2) is 0 Å². The fraction of sp³-hybridized carbons (Fsp3) is 0.250. The van der Waals surface area contributed by atoms with Crippen molar-refractivity contribution in [1.29, 1.82) is 0 Å². The van der Waals surface area contributed by atoms with E-state index in [1.54, 1.807) is 18.3 Å². The lowest BCUT2D eigenvalue weighted by Crippen LogP contribution is -2.11. The molecule has 6 heteroatoms. The van der Waals surface area contributed by atoms with E-state index >= 15 is 0 Å². The maximum Gasteiger partial charge on any atom is 0.238 e. The average Bonchev–Trinajstić information content (AvgIpc) is 2.95. The van der Waals surface area contributed by atoms with Crippen LogP contribution in [0.15, 0.2) is 70.1 Å². The molecule has 1 aromatic heterocycles. The van der Waals surface area contributed by atoms with Crippen LogP contribution >= 0.6 is 0 Å². The summed E-state index contributed by atoms with van der Waals surface area (Å²) in [4.78, 5) is 4.55. The first-order valence-electron chi connectivity index (χ1n) is 8.42. The van der Waals surface area contributed by atoms with Gasteiger partial charge < -0.3 is 4.42 Å². The van der Waals surface area contributed by atoms with Gasteiger partial charge in [0.2, 0.25) is 15.9 Å². The van der Waals surface area contributed by atoms with E-state index < -0.39 is 10.0 Å². The molecule has 3 aromatic rings. The minimum Gasteiger partial charge on any atom is -0.441 e. The van der Waals surface area contributed by atoms with Gasteiger partial charge in [0.1, 0.15) is 5.76 Å². The molecule has 1 saturated carbocycles. The summed E-state index contributed by atoms with van der Waals surface area (Å²) < 4.78 is 28.9. The number of aromatic nitrogens is 1. The van der Waals surface area contributed by atoms with Crippen LogP contribution in [0.4, 0.5) is 0 Å². The third-order valence-electron chi connectivity index (χ3n) is 5.25. The molecule has 5 nitrogen and oxygen atoms in total. The van der Waals surface area contributed by atoms with Gasteiger partial charge in [-0.15, -0.1) is 0 Å². The monoisotopic (exact) mass is 368 g/mol. The number of benzene rings is 2. The Morgan fingerprint density at radius 2 is 1.65 bits per heavy atom. The SMILES string of the molecule is CC1(C)[C@H](c2ccc(S(N)(=O)=O)cc2)[C@H]1c1cnc(-c2ccccc2)o1. The average molecular weight is 368 g/mol. The summed E-state index contributed by atoms with van der Waals surface area (Å²) in [6.07, 6.45) is 1.80. The Morgan fingerprint density at radius 1 is 1.00 bits per heavy atom. The molecule has 134 valence electrons. The van der Waals surface area contributed by atoms with Crippen LogP contribution in [0.2, 0.25) is 0 Å². The molecular weight excluding hydrogens is 348 g/mol. The molecule has 1 heterocycles. The van der Waals surface area contributed by atoms with Gasteiger partial charge in [0.05, 0.1) is 11.1 Å². The van der Waals surface area contributed by atoms with E-state index in [4.69, 9.17) is 9.56 Å². The van der Waals surface area contributed by atoms with Crippen LogP contribution in [0.5, 0.6) is 0 Å². The first-order chi connectivity index (χ1) is 12.3. The van der Waals surface area contributed by atoms with E-state index in [2.05, 4.69) is 18.8 Å². The third kappa shape index (κ3) is 2.85. The summed E-state index contributed by atoms with van der Waals surface area (Å²) in [5, 5.41) is 5.18. The third-order valence-corrected chi connectivity index (χ3v) is 6.18. The topological polar surface area (TPSA) is 86.2 Å². The highest BCUT2D eigenvalue weighted by atomic mass is 32.2. The molecule has 4 rings (SSSR count). The Hall–Kier alpha value is -2.44. The van der Waals surface area contributed by atoms with Crippen molar-refractivity contribution in [3.8, 4) is 11.5 Å². The maximum absolute atomic E-state index is 11.4. The van der Waals surface area contributed by atoms with Crippen LogP contribution in [-0.2, 0) is 10.0 Å². The number of hydrogen-bond donors (Lipinski definition) is 1. The smallest absolute Gasteiger partial charge is 0.238 e. The Morgan fingerprint density at radius 3 is 2.27 bits per heavy atom. The van der Waals surface area contributed by atoms with E-state index in [9.17, 15) is 8.42 Å². The molecule has 26 heavy (non-hydrogen) atoms. The van der Waals surface area contributed by atoms with Crippen molar-refractivity contribution in [2.75, 3.05) is 0 Å². The van der Waals surface area contributed by atoms with Crippen LogP contribution < -0.4 is 5.14 Å². The molecular formula is C20H20N2O3S. The molecule has 0 amide bonds. The highest BCUT2D eigenvalue weighted by Crippen LogP contribution is 2.70. The molecule has 0 aliphatic heterocycles. The number of sulfonamides is 1. The number of oxazole rings is 1. The Kier molecular flexibility index (Phi) is 3.78. The van der Waals surface area contributed by atoms with Crippen molar-refractivity contribution < 1.29 is 12.8 Å². The van der Waals surface area contributed by atoms with Gasteiger partial charge in [0.25, 0.3) is 0 Å². The van der Waals surface area contributed by atoms with Gasteiger partial charge in [-0.1, -0.05) is 44.2 Å². The second-order valence-electron chi connectivity index (χ2n) is 7.32. The quantitative estimate of drug-likeness (QED) is 0.757. The first-order valence-corrected chi connectivity index (χ1v) is 9.97. The van der Waals surface area contributed by atoms with Gasteiger partial charge in [-0.2, -0.15) is 0 Å². The van der Waals surface area contributed by atoms with Crippen molar-refractivity contribution in [3.05, 3.63) is 72.1 Å². The van der Waals surface area contributed by atoms with Crippen molar-refractivity contribution in [2.24, 2.45) is 10.6 Å². The number of nitrogens with zero attached hydrogens (tertiary/aromatic N) is 1. The molecule has 2 atom stereocenters. The Labute approximate surface area is 152 Å². The fourth-order valence-electron chi connectivity index (χ4n) is 3.80. The summed E-state index contributed by atoms with van der Waals surface area (Å²) in [5.74, 6) is 1.92. The Bertz CT molecular complexity index is 1040. The van der Waals surface area contributed by atoms with Gasteiger partial charge in [-0.05, 0) is 35.2 Å². The summed E-state index contributed by atoms with van der Waals surface area (Å²) in [6, 6.07) is 16.6. The minimum absolute atomic E-state index is 0.0105. The summed E-state index contributed by atoms with van der Waals surface area (Å²) in [5.41, 5.74) is 2.03. The lowest BCUT2D eigenvalue weighted by atomic mass is 10.0. The highest BCUT2D eigenvalue weighted by molar-refractivity contribution is 7.89. The van der Waals surface area contributed by atoms with Crippen LogP contribution in [0.1, 0.15) is 37.0 Å². The van der Waals surface area contributed by atoms with Crippen molar-refractivity contribution in [1.82, 2.24) is 4.98 Å². The lowest BCUT2D eigenvalue weighted by Gasteiger charge is -2.04. The van der Waals surface area contributed by atoms with E-state index in [1.165, 1.54) is 0 Å². The first kappa shape index (κ1) is 17.0. The molecule has 2 aromatic carbocycles. The van der Waals surface area contributed by atoms with Crippen molar-refractivity contribution in [2.45, 2.75) is 30.6 Å². The van der Waals surface area contributed by atoms with Gasteiger partial charge >= 0.3 is 0 Å². The number of rotatable bonds is 4. The molecule has 0 bridgehead atoms. The Balaban J connectivity index is 1.62. The molecule has 2 N–H and O–H groups in total. The van der Waals surface area contributed by atoms with Crippen LogP contribution in [0, 0.1) is 5.41 Å². The second-order valence-corrected chi connectivity index (χ2v) is 8.89. The highest BCUT2D eigenvalue weighted by Gasteiger charge is 2.60. The molecule has 0 unspecified atom stereocenters. The van der Waals surface area contributed by atoms with Crippen molar-refractivity contribution in [3.63, 3.8) is 0 Å². The molecule has 1 fully saturated rings. The van der Waals surface area contributed by atoms with E-state index in [-0.39, 0.29) is 22.1 Å². The van der Waals surface area contributed by atoms with Crippen LogP contribution in [-0.4, -0.2) is 13.4 Å². The molecule has 0 radical (unpaired) electrons. The van der Waals surface area contributed by atoms with Crippen LogP contribution in [0.25, 0.3) is 11.5 Å². The second kappa shape index (κ2) is 5.79. The number of nitrogens with two attached hydrogens (primary N) is 1. The maximum atomic E-state index is 11.4. The summed E-state index contributed by atoms with van der Waals surface area (Å²) >= 11 is 0. The van der Waals surface area contributed by atoms with Crippen molar-refractivity contribution >= 4 is 10.0 Å². The molecule has 1 aliphatic carbocycles. The fourth-order valence-corrected chi connectivity index (χ4v) is 4.32. The summed E-state index contributed by atoms with van der Waals surface area (Å²) in [7, 11) is -3.68. The zero-order valence-corrected chi connectivity index (χ0v) is 15.4. The van der Waals surface area contributed by atoms with E-state index in [0.717, 1.165) is 16.9 Å². The van der Waals surface area contributed by atoms with Crippen LogP contribution in [0.3, 0.4) is 0 Å². The number of hydrogen-bond acceptors (Lipinski definition) is 4. The molecule has 0 spiro atoms. The molecule has 0 saturated heterocycles. The molecule has 1 aliphatic rings. The van der Waals surface area contributed by atoms with E-state index in [0.29, 0.717) is 5.89 Å². The minimum atomic E-state index is -3.68. The zero-order chi connectivity index (χ0) is 18.5. The lowest BCUT2D eigenvalue weighted by molar-refractivity contribution is 0.489.